The predicted octanol–water partition coefficient (Wildman–Crippen LogP) is 7.20. The van der Waals surface area contributed by atoms with E-state index in [4.69, 9.17) is 18.9 Å². The van der Waals surface area contributed by atoms with Crippen LogP contribution in [0, 0.1) is 0 Å². The van der Waals surface area contributed by atoms with Crippen LogP contribution in [0.1, 0.15) is 75.2 Å². The van der Waals surface area contributed by atoms with Crippen molar-refractivity contribution in [3.05, 3.63) is 53.6 Å². The Hall–Kier alpha value is -4.44. The van der Waals surface area contributed by atoms with Gasteiger partial charge in [0.15, 0.2) is 17.7 Å². The molecule has 0 radical (unpaired) electrons. The largest absolute Gasteiger partial charge is 0.493 e. The van der Waals surface area contributed by atoms with Crippen LogP contribution in [0.15, 0.2) is 42.5 Å². The van der Waals surface area contributed by atoms with Gasteiger partial charge in [0.25, 0.3) is 5.91 Å². The van der Waals surface area contributed by atoms with Crippen molar-refractivity contribution >= 4 is 70.4 Å². The van der Waals surface area contributed by atoms with Gasteiger partial charge in [-0.05, 0) is 62.6 Å². The van der Waals surface area contributed by atoms with Gasteiger partial charge in [-0.2, -0.15) is 12.6 Å². The summed E-state index contributed by atoms with van der Waals surface area (Å²) in [4.78, 5) is 62.3. The second-order valence-electron chi connectivity index (χ2n) is 15.0. The quantitative estimate of drug-likeness (QED) is 0.116. The topological polar surface area (TPSA) is 142 Å². The SMILES string of the molecule is CC.CCl.COc1cc2c(cc1OCCCCCC(=O)N1CCc3c1cc(OC(=O)N1CCN(C)CC1)c1ccccc31)N(C(=O)OCC(C)S)C(O)[C@@H]1CCCN1C2=O. The number of hydrogen-bond donors (Lipinski definition) is 2. The molecule has 4 heterocycles. The summed E-state index contributed by atoms with van der Waals surface area (Å²) in [6, 6.07) is 12.2. The number of fused-ring (bicyclic) bond motifs is 5. The number of likely N-dealkylation sites (N-methyl/N-ethyl adjacent to an activating group) is 1. The number of piperazine rings is 1. The van der Waals surface area contributed by atoms with Crippen molar-refractivity contribution in [2.45, 2.75) is 83.2 Å². The van der Waals surface area contributed by atoms with E-state index in [2.05, 4.69) is 29.1 Å². The number of anilines is 2. The Morgan fingerprint density at radius 2 is 1.60 bits per heavy atom. The number of amides is 4. The maximum absolute atomic E-state index is 13.7. The van der Waals surface area contributed by atoms with E-state index in [0.29, 0.717) is 82.0 Å². The molecule has 0 spiro atoms. The minimum absolute atomic E-state index is 0.00624. The van der Waals surface area contributed by atoms with E-state index in [0.717, 1.165) is 46.4 Å². The molecule has 7 rings (SSSR count). The normalized spacial score (nSPS) is 18.9. The van der Waals surface area contributed by atoms with Crippen molar-refractivity contribution in [2.24, 2.45) is 0 Å². The number of thiol groups is 1. The predicted molar refractivity (Wildman–Crippen MR) is 238 cm³/mol. The summed E-state index contributed by atoms with van der Waals surface area (Å²) >= 11 is 8.95. The highest BCUT2D eigenvalue weighted by Crippen LogP contribution is 2.43. The Morgan fingerprint density at radius 3 is 2.30 bits per heavy atom. The molecule has 0 saturated carbocycles. The number of carbonyl (C=O) groups excluding carboxylic acids is 4. The molecule has 3 aromatic rings. The highest BCUT2D eigenvalue weighted by atomic mass is 35.5. The van der Waals surface area contributed by atoms with E-state index < -0.39 is 18.4 Å². The molecule has 2 fully saturated rings. The number of methoxy groups -OCH3 is 1. The minimum atomic E-state index is -1.31. The lowest BCUT2D eigenvalue weighted by molar-refractivity contribution is -0.118. The highest BCUT2D eigenvalue weighted by Gasteiger charge is 2.45. The molecule has 1 N–H and O–H groups in total. The highest BCUT2D eigenvalue weighted by molar-refractivity contribution is 7.80. The zero-order valence-corrected chi connectivity index (χ0v) is 37.3. The number of hydrogen-bond acceptors (Lipinski definition) is 11. The number of aliphatic hydroxyl groups is 1. The van der Waals surface area contributed by atoms with Crippen LogP contribution in [0.4, 0.5) is 21.0 Å². The van der Waals surface area contributed by atoms with Gasteiger partial charge >= 0.3 is 12.2 Å². The van der Waals surface area contributed by atoms with Gasteiger partial charge in [0.05, 0.1) is 36.7 Å². The van der Waals surface area contributed by atoms with Gasteiger partial charge in [0, 0.05) is 74.8 Å². The summed E-state index contributed by atoms with van der Waals surface area (Å²) in [5.41, 5.74) is 2.26. The first-order valence-electron chi connectivity index (χ1n) is 20.9. The summed E-state index contributed by atoms with van der Waals surface area (Å²) < 4.78 is 23.2. The van der Waals surface area contributed by atoms with E-state index in [-0.39, 0.29) is 47.6 Å². The van der Waals surface area contributed by atoms with Crippen LogP contribution < -0.4 is 24.0 Å². The van der Waals surface area contributed by atoms with Gasteiger partial charge < -0.3 is 43.7 Å². The summed E-state index contributed by atoms with van der Waals surface area (Å²) in [5, 5.41) is 13.0. The molecule has 4 aliphatic rings. The number of halogens is 1. The molecule has 4 aliphatic heterocycles. The van der Waals surface area contributed by atoms with Crippen molar-refractivity contribution in [3.63, 3.8) is 0 Å². The number of ether oxygens (including phenoxy) is 4. The number of unbranched alkanes of at least 4 members (excludes halogenated alkanes) is 2. The van der Waals surface area contributed by atoms with E-state index >= 15 is 0 Å². The molecule has 2 saturated heterocycles. The summed E-state index contributed by atoms with van der Waals surface area (Å²) in [5.74, 6) is 0.803. The van der Waals surface area contributed by atoms with Crippen LogP contribution in [0.5, 0.6) is 17.2 Å². The smallest absolute Gasteiger partial charge is 0.416 e. The van der Waals surface area contributed by atoms with E-state index in [1.165, 1.54) is 13.5 Å². The third-order valence-corrected chi connectivity index (χ3v) is 11.3. The molecule has 60 heavy (non-hydrogen) atoms. The summed E-state index contributed by atoms with van der Waals surface area (Å²) in [6.07, 6.45) is 3.29. The van der Waals surface area contributed by atoms with Gasteiger partial charge in [-0.15, -0.1) is 11.6 Å². The van der Waals surface area contributed by atoms with Gasteiger partial charge in [0.1, 0.15) is 12.4 Å². The van der Waals surface area contributed by atoms with Crippen LogP contribution in [-0.4, -0.2) is 134 Å². The van der Waals surface area contributed by atoms with E-state index in [1.807, 2.05) is 51.2 Å². The number of carbonyl (C=O) groups is 4. The van der Waals surface area contributed by atoms with E-state index in [9.17, 15) is 24.3 Å². The van der Waals surface area contributed by atoms with Crippen LogP contribution in [-0.2, 0) is 16.0 Å². The number of benzene rings is 3. The maximum atomic E-state index is 13.7. The fourth-order valence-electron chi connectivity index (χ4n) is 8.08. The molecule has 3 aromatic carbocycles. The van der Waals surface area contributed by atoms with Crippen LogP contribution in [0.2, 0.25) is 0 Å². The number of rotatable bonds is 11. The van der Waals surface area contributed by atoms with Crippen LogP contribution in [0.3, 0.4) is 0 Å². The molecule has 2 unspecified atom stereocenters. The van der Waals surface area contributed by atoms with Gasteiger partial charge in [-0.1, -0.05) is 45.0 Å². The standard InChI is InChI=1S/C41H51N5O9S.C2H6.CH3Cl/c1-26(56)25-54-41(51)46-33-24-36(35(52-3)22-30(33)38(48)45-15-9-12-31(45)39(46)49)53-21-8-4-5-13-37(47)44-16-14-28-27-10-6-7-11-29(27)34(23-32(28)44)55-40(50)43-19-17-42(2)18-20-43;2*1-2/h6-7,10-11,22-24,26,31,39,49,56H,4-5,8-9,12-21,25H2,1-3H3;1-2H3;1H3/t26?,31-,39?;;/m0../s1. The lowest BCUT2D eigenvalue weighted by atomic mass is 10.0. The molecule has 328 valence electrons. The molecule has 0 bridgehead atoms. The third kappa shape index (κ3) is 10.4. The summed E-state index contributed by atoms with van der Waals surface area (Å²) in [6.45, 7) is 9.91. The van der Waals surface area contributed by atoms with Gasteiger partial charge in [-0.3, -0.25) is 9.59 Å². The Bertz CT molecular complexity index is 1980. The first-order chi connectivity index (χ1) is 29.0. The maximum Gasteiger partial charge on any atom is 0.416 e. The van der Waals surface area contributed by atoms with Crippen molar-refractivity contribution in [2.75, 3.05) is 82.8 Å². The average Bonchev–Trinajstić information content (AvgIpc) is 3.92. The minimum Gasteiger partial charge on any atom is -0.493 e. The molecule has 16 heteroatoms. The summed E-state index contributed by atoms with van der Waals surface area (Å²) in [7, 11) is 3.52. The lowest BCUT2D eigenvalue weighted by Crippen LogP contribution is -2.51. The Labute approximate surface area is 364 Å². The fourth-order valence-corrected chi connectivity index (χ4v) is 8.16. The van der Waals surface area contributed by atoms with E-state index in [1.54, 1.807) is 33.8 Å². The second kappa shape index (κ2) is 21.9. The monoisotopic (exact) mass is 869 g/mol. The number of aliphatic hydroxyl groups excluding tert-OH is 1. The average molecular weight is 871 g/mol. The first kappa shape index (κ1) is 46.6. The molecule has 14 nitrogen and oxygen atoms in total. The zero-order valence-electron chi connectivity index (χ0n) is 35.7. The molecule has 0 aromatic heterocycles. The Balaban J connectivity index is 0.00000166. The fraction of sp³-hybridized carbons (Fsp3) is 0.545. The lowest BCUT2D eigenvalue weighted by Gasteiger charge is -2.31. The number of nitrogens with zero attached hydrogens (tertiary/aromatic N) is 5. The van der Waals surface area contributed by atoms with Crippen molar-refractivity contribution in [1.29, 1.82) is 0 Å². The molecule has 3 atom stereocenters. The molecule has 4 amide bonds. The molecule has 0 aliphatic carbocycles. The molecular weight excluding hydrogens is 810 g/mol. The molecular formula is C44H60ClN5O9S. The van der Waals surface area contributed by atoms with Crippen LogP contribution in [0.25, 0.3) is 10.8 Å². The van der Waals surface area contributed by atoms with Crippen molar-refractivity contribution in [1.82, 2.24) is 14.7 Å². The van der Waals surface area contributed by atoms with Crippen LogP contribution >= 0.6 is 24.2 Å². The Morgan fingerprint density at radius 1 is 0.900 bits per heavy atom. The number of alkyl halides is 1. The third-order valence-electron chi connectivity index (χ3n) is 11.1. The van der Waals surface area contributed by atoms with Crippen molar-refractivity contribution < 1.29 is 43.2 Å². The van der Waals surface area contributed by atoms with Crippen molar-refractivity contribution in [3.8, 4) is 17.2 Å². The Kier molecular flexibility index (Phi) is 17.0. The van der Waals surface area contributed by atoms with Gasteiger partial charge in [-0.25, -0.2) is 14.5 Å². The van der Waals surface area contributed by atoms with Gasteiger partial charge in [0.2, 0.25) is 5.91 Å². The second-order valence-corrected chi connectivity index (χ2v) is 15.9. The zero-order chi connectivity index (χ0) is 43.5. The first-order valence-corrected chi connectivity index (χ1v) is 22.2.